The van der Waals surface area contributed by atoms with Gasteiger partial charge in [0.05, 0.1) is 0 Å². The first-order chi connectivity index (χ1) is 15.9. The van der Waals surface area contributed by atoms with Crippen LogP contribution in [0.4, 0.5) is 0 Å². The first-order valence-electron chi connectivity index (χ1n) is 13.5. The first-order valence-corrected chi connectivity index (χ1v) is 13.5. The second-order valence-corrected chi connectivity index (χ2v) is 11.9. The van der Waals surface area contributed by atoms with Crippen molar-refractivity contribution in [3.8, 4) is 11.5 Å². The molecule has 0 aromatic heterocycles. The van der Waals surface area contributed by atoms with Gasteiger partial charge in [-0.25, -0.2) is 0 Å². The van der Waals surface area contributed by atoms with Crippen LogP contribution in [0.5, 0.6) is 11.5 Å². The zero-order valence-electron chi connectivity index (χ0n) is 23.4. The summed E-state index contributed by atoms with van der Waals surface area (Å²) in [4.78, 5) is 0. The van der Waals surface area contributed by atoms with E-state index in [9.17, 15) is 10.2 Å². The topological polar surface area (TPSA) is 40.5 Å². The minimum atomic E-state index is -0.102. The van der Waals surface area contributed by atoms with Gasteiger partial charge in [-0.05, 0) is 37.5 Å². The maximum atomic E-state index is 11.5. The molecule has 0 heterocycles. The molecular weight excluding hydrogens is 416 g/mol. The number of aryl methyl sites for hydroxylation is 2. The Bertz CT molecular complexity index is 874. The Morgan fingerprint density at radius 2 is 1.00 bits per heavy atom. The normalized spacial score (nSPS) is 12.5. The summed E-state index contributed by atoms with van der Waals surface area (Å²) in [5.74, 6) is 0.684. The van der Waals surface area contributed by atoms with E-state index in [1.54, 1.807) is 0 Å². The van der Waals surface area contributed by atoms with Gasteiger partial charge in [0, 0.05) is 28.2 Å². The molecule has 2 rings (SSSR count). The molecule has 190 valence electrons. The molecule has 0 aliphatic carbocycles. The molecule has 0 saturated carbocycles. The molecule has 2 aromatic carbocycles. The van der Waals surface area contributed by atoms with Gasteiger partial charge < -0.3 is 10.2 Å². The summed E-state index contributed by atoms with van der Waals surface area (Å²) in [6, 6.07) is 8.49. The fourth-order valence-corrected chi connectivity index (χ4v) is 5.38. The third-order valence-electron chi connectivity index (χ3n) is 7.77. The summed E-state index contributed by atoms with van der Waals surface area (Å²) >= 11 is 0. The maximum Gasteiger partial charge on any atom is 0.123 e. The molecule has 2 N–H and O–H groups in total. The lowest BCUT2D eigenvalue weighted by Gasteiger charge is -2.31. The van der Waals surface area contributed by atoms with E-state index in [1.807, 2.05) is 0 Å². The van der Waals surface area contributed by atoms with Crippen LogP contribution in [0, 0.1) is 13.8 Å². The first kappa shape index (κ1) is 28.3. The van der Waals surface area contributed by atoms with E-state index >= 15 is 0 Å². The fraction of sp³-hybridized carbons (Fsp3) is 0.625. The molecule has 0 aliphatic heterocycles. The number of phenolic OH excluding ortho intramolecular Hbond substituents is 2. The highest BCUT2D eigenvalue weighted by molar-refractivity contribution is 5.56. The quantitative estimate of drug-likeness (QED) is 0.306. The number of phenols is 2. The van der Waals surface area contributed by atoms with E-state index in [0.717, 1.165) is 59.1 Å². The van der Waals surface area contributed by atoms with Crippen molar-refractivity contribution in [1.82, 2.24) is 0 Å². The molecule has 0 radical (unpaired) electrons. The number of hydrogen-bond donors (Lipinski definition) is 2. The molecular formula is C32H50O2. The smallest absolute Gasteiger partial charge is 0.123 e. The summed E-state index contributed by atoms with van der Waals surface area (Å²) in [7, 11) is 0. The largest absolute Gasteiger partial charge is 0.507 e. The lowest BCUT2D eigenvalue weighted by atomic mass is 9.75. The molecule has 0 saturated heterocycles. The molecule has 0 fully saturated rings. The molecule has 0 unspecified atom stereocenters. The third-order valence-corrected chi connectivity index (χ3v) is 7.77. The zero-order valence-corrected chi connectivity index (χ0v) is 23.4. The molecule has 2 nitrogen and oxygen atoms in total. The van der Waals surface area contributed by atoms with Crippen molar-refractivity contribution in [3.05, 3.63) is 57.6 Å². The molecule has 0 spiro atoms. The van der Waals surface area contributed by atoms with Gasteiger partial charge in [-0.3, -0.25) is 0 Å². The van der Waals surface area contributed by atoms with Crippen LogP contribution in [0.1, 0.15) is 139 Å². The predicted molar refractivity (Wildman–Crippen MR) is 148 cm³/mol. The minimum Gasteiger partial charge on any atom is -0.507 e. The fourth-order valence-electron chi connectivity index (χ4n) is 5.38. The zero-order chi connectivity index (χ0) is 25.7. The monoisotopic (exact) mass is 466 g/mol. The highest BCUT2D eigenvalue weighted by Crippen LogP contribution is 2.46. The summed E-state index contributed by atoms with van der Waals surface area (Å²) < 4.78 is 0. The maximum absolute atomic E-state index is 11.5. The van der Waals surface area contributed by atoms with Crippen molar-refractivity contribution in [1.29, 1.82) is 0 Å². The number of unbranched alkanes of at least 4 members (excludes halogenated alkanes) is 4. The van der Waals surface area contributed by atoms with Crippen molar-refractivity contribution in [2.45, 2.75) is 130 Å². The molecule has 34 heavy (non-hydrogen) atoms. The highest BCUT2D eigenvalue weighted by atomic mass is 16.3. The lowest BCUT2D eigenvalue weighted by molar-refractivity contribution is 0.398. The Hall–Kier alpha value is -1.96. The van der Waals surface area contributed by atoms with Crippen LogP contribution in [-0.2, 0) is 10.8 Å². The molecule has 0 aliphatic rings. The number of benzene rings is 2. The predicted octanol–water partition coefficient (Wildman–Crippen LogP) is 9.58. The number of hydrogen-bond acceptors (Lipinski definition) is 2. The van der Waals surface area contributed by atoms with Gasteiger partial charge in [-0.15, -0.1) is 0 Å². The van der Waals surface area contributed by atoms with Gasteiger partial charge in [0.15, 0.2) is 0 Å². The second kappa shape index (κ2) is 11.6. The molecule has 2 aromatic rings. The van der Waals surface area contributed by atoms with E-state index in [0.29, 0.717) is 11.5 Å². The van der Waals surface area contributed by atoms with Gasteiger partial charge in [-0.1, -0.05) is 122 Å². The van der Waals surface area contributed by atoms with E-state index in [-0.39, 0.29) is 16.7 Å². The van der Waals surface area contributed by atoms with Crippen LogP contribution in [-0.4, -0.2) is 10.2 Å². The van der Waals surface area contributed by atoms with Gasteiger partial charge in [-0.2, -0.15) is 0 Å². The van der Waals surface area contributed by atoms with Crippen LogP contribution >= 0.6 is 0 Å². The van der Waals surface area contributed by atoms with Crippen molar-refractivity contribution >= 4 is 0 Å². The summed E-state index contributed by atoms with van der Waals surface area (Å²) in [5, 5.41) is 23.0. The van der Waals surface area contributed by atoms with E-state index in [4.69, 9.17) is 0 Å². The number of rotatable bonds is 12. The van der Waals surface area contributed by atoms with E-state index in [1.165, 1.54) is 25.7 Å². The third kappa shape index (κ3) is 6.58. The molecule has 0 bridgehead atoms. The summed E-state index contributed by atoms with van der Waals surface area (Å²) in [6.45, 7) is 19.8. The Morgan fingerprint density at radius 3 is 1.32 bits per heavy atom. The SMILES string of the molecule is CCCCCC(C)(C)c1cc(C)cc(C(C)c2cc(C)cc(C(C)(C)CCCCC)c2O)c1O. The van der Waals surface area contributed by atoms with Gasteiger partial charge in [0.25, 0.3) is 0 Å². The number of aromatic hydroxyl groups is 2. The van der Waals surface area contributed by atoms with Crippen LogP contribution < -0.4 is 0 Å². The highest BCUT2D eigenvalue weighted by Gasteiger charge is 2.30. The molecule has 2 heteroatoms. The van der Waals surface area contributed by atoms with Crippen LogP contribution in [0.3, 0.4) is 0 Å². The van der Waals surface area contributed by atoms with Crippen molar-refractivity contribution in [3.63, 3.8) is 0 Å². The van der Waals surface area contributed by atoms with E-state index in [2.05, 4.69) is 86.6 Å². The summed E-state index contributed by atoms with van der Waals surface area (Å²) in [6.07, 6.45) is 9.26. The van der Waals surface area contributed by atoms with Crippen LogP contribution in [0.15, 0.2) is 24.3 Å². The second-order valence-electron chi connectivity index (χ2n) is 11.9. The Morgan fingerprint density at radius 1 is 0.647 bits per heavy atom. The average molecular weight is 467 g/mol. The lowest BCUT2D eigenvalue weighted by Crippen LogP contribution is -2.19. The van der Waals surface area contributed by atoms with Crippen molar-refractivity contribution in [2.24, 2.45) is 0 Å². The minimum absolute atomic E-state index is 0.0964. The van der Waals surface area contributed by atoms with Gasteiger partial charge in [0.1, 0.15) is 11.5 Å². The Labute approximate surface area is 209 Å². The van der Waals surface area contributed by atoms with Gasteiger partial charge >= 0.3 is 0 Å². The standard InChI is InChI=1S/C32H50O2/c1-10-12-14-16-31(6,7)27-20-22(3)18-25(29(27)33)24(5)26-19-23(4)21-28(30(26)34)32(8,9)17-15-13-11-2/h18-21,24,33-34H,10-17H2,1-9H3. The van der Waals surface area contributed by atoms with E-state index < -0.39 is 0 Å². The molecule has 0 amide bonds. The van der Waals surface area contributed by atoms with Crippen LogP contribution in [0.2, 0.25) is 0 Å². The Balaban J connectivity index is 2.53. The summed E-state index contributed by atoms with van der Waals surface area (Å²) in [5.41, 5.74) is 6.00. The molecule has 0 atom stereocenters. The van der Waals surface area contributed by atoms with Gasteiger partial charge in [0.2, 0.25) is 0 Å². The van der Waals surface area contributed by atoms with Crippen molar-refractivity contribution < 1.29 is 10.2 Å². The Kier molecular flexibility index (Phi) is 9.69. The van der Waals surface area contributed by atoms with Crippen molar-refractivity contribution in [2.75, 3.05) is 0 Å². The average Bonchev–Trinajstić information content (AvgIpc) is 2.76. The van der Waals surface area contributed by atoms with Crippen LogP contribution in [0.25, 0.3) is 0 Å².